The smallest absolute Gasteiger partial charge is 0.142 e. The van der Waals surface area contributed by atoms with Crippen LogP contribution < -0.4 is 10.1 Å². The van der Waals surface area contributed by atoms with Gasteiger partial charge in [-0.1, -0.05) is 26.0 Å². The maximum absolute atomic E-state index is 5.36. The van der Waals surface area contributed by atoms with Gasteiger partial charge < -0.3 is 10.1 Å². The Balaban J connectivity index is 2.27. The van der Waals surface area contributed by atoms with Gasteiger partial charge in [-0.05, 0) is 18.2 Å². The van der Waals surface area contributed by atoms with Crippen LogP contribution in [0.5, 0.6) is 5.75 Å². The molecule has 0 amide bonds. The van der Waals surface area contributed by atoms with Crippen LogP contribution >= 0.6 is 0 Å². The van der Waals surface area contributed by atoms with Crippen molar-refractivity contribution in [1.82, 2.24) is 15.3 Å². The third-order valence-corrected chi connectivity index (χ3v) is 2.76. The van der Waals surface area contributed by atoms with Crippen LogP contribution in [0.2, 0.25) is 0 Å². The molecule has 1 N–H and O–H groups in total. The fourth-order valence-corrected chi connectivity index (χ4v) is 1.79. The molecule has 4 nitrogen and oxygen atoms in total. The highest BCUT2D eigenvalue weighted by atomic mass is 16.5. The van der Waals surface area contributed by atoms with Gasteiger partial charge in [0, 0.05) is 17.8 Å². The van der Waals surface area contributed by atoms with Crippen molar-refractivity contribution < 1.29 is 4.74 Å². The van der Waals surface area contributed by atoms with Gasteiger partial charge in [-0.3, -0.25) is 0 Å². The second kappa shape index (κ2) is 6.29. The van der Waals surface area contributed by atoms with Gasteiger partial charge in [-0.2, -0.15) is 0 Å². The van der Waals surface area contributed by atoms with E-state index in [1.807, 2.05) is 30.3 Å². The molecule has 0 saturated heterocycles. The predicted molar refractivity (Wildman–Crippen MR) is 76.0 cm³/mol. The zero-order chi connectivity index (χ0) is 13.7. The molecule has 1 aromatic carbocycles. The van der Waals surface area contributed by atoms with E-state index >= 15 is 0 Å². The average molecular weight is 257 g/mol. The summed E-state index contributed by atoms with van der Waals surface area (Å²) in [5, 5.41) is 3.31. The van der Waals surface area contributed by atoms with Crippen LogP contribution in [-0.2, 0) is 6.54 Å². The van der Waals surface area contributed by atoms with Crippen LogP contribution in [-0.4, -0.2) is 23.1 Å². The third kappa shape index (κ3) is 3.51. The second-order valence-corrected chi connectivity index (χ2v) is 4.59. The maximum Gasteiger partial charge on any atom is 0.142 e. The first-order valence-electron chi connectivity index (χ1n) is 6.39. The van der Waals surface area contributed by atoms with Crippen molar-refractivity contribution in [2.45, 2.75) is 26.4 Å². The predicted octanol–water partition coefficient (Wildman–Crippen LogP) is 2.65. The largest absolute Gasteiger partial charge is 0.496 e. The lowest BCUT2D eigenvalue weighted by molar-refractivity contribution is 0.416. The number of benzene rings is 1. The number of hydrogen-bond donors (Lipinski definition) is 1. The Morgan fingerprint density at radius 3 is 2.74 bits per heavy atom. The lowest BCUT2D eigenvalue weighted by atomic mass is 10.1. The summed E-state index contributed by atoms with van der Waals surface area (Å²) < 4.78 is 5.36. The van der Waals surface area contributed by atoms with Gasteiger partial charge in [-0.25, -0.2) is 9.97 Å². The summed E-state index contributed by atoms with van der Waals surface area (Å²) in [4.78, 5) is 8.85. The summed E-state index contributed by atoms with van der Waals surface area (Å²) in [5.41, 5.74) is 1.87. The van der Waals surface area contributed by atoms with Gasteiger partial charge in [0.25, 0.3) is 0 Å². The van der Waals surface area contributed by atoms with E-state index in [1.165, 1.54) is 0 Å². The monoisotopic (exact) mass is 257 g/mol. The minimum atomic E-state index is 0.415. The molecule has 0 aliphatic rings. The van der Waals surface area contributed by atoms with Gasteiger partial charge in [0.2, 0.25) is 0 Å². The molecule has 19 heavy (non-hydrogen) atoms. The van der Waals surface area contributed by atoms with E-state index in [0.29, 0.717) is 12.6 Å². The molecule has 0 atom stereocenters. The maximum atomic E-state index is 5.36. The van der Waals surface area contributed by atoms with Crippen molar-refractivity contribution in [2.75, 3.05) is 7.11 Å². The molecule has 0 unspecified atom stereocenters. The Kier molecular flexibility index (Phi) is 4.47. The van der Waals surface area contributed by atoms with Gasteiger partial charge in [0.1, 0.15) is 11.6 Å². The van der Waals surface area contributed by atoms with E-state index in [-0.39, 0.29) is 0 Å². The molecule has 0 saturated carbocycles. The lowest BCUT2D eigenvalue weighted by Gasteiger charge is -2.10. The highest BCUT2D eigenvalue weighted by molar-refractivity contribution is 5.66. The Hall–Kier alpha value is -1.94. The summed E-state index contributed by atoms with van der Waals surface area (Å²) in [7, 11) is 1.67. The minimum absolute atomic E-state index is 0.415. The molecular formula is C15H19N3O. The van der Waals surface area contributed by atoms with Crippen LogP contribution in [0, 0.1) is 0 Å². The second-order valence-electron chi connectivity index (χ2n) is 4.59. The molecule has 0 aliphatic heterocycles. The highest BCUT2D eigenvalue weighted by Gasteiger charge is 2.07. The van der Waals surface area contributed by atoms with E-state index in [1.54, 1.807) is 13.3 Å². The van der Waals surface area contributed by atoms with Gasteiger partial charge in [0.15, 0.2) is 0 Å². The summed E-state index contributed by atoms with van der Waals surface area (Å²) in [6.45, 7) is 4.87. The van der Waals surface area contributed by atoms with E-state index in [9.17, 15) is 0 Å². The van der Waals surface area contributed by atoms with Crippen LogP contribution in [0.25, 0.3) is 11.3 Å². The summed E-state index contributed by atoms with van der Waals surface area (Å²) >= 11 is 0. The number of nitrogens with zero attached hydrogens (tertiary/aromatic N) is 2. The van der Waals surface area contributed by atoms with Crippen molar-refractivity contribution in [1.29, 1.82) is 0 Å². The average Bonchev–Trinajstić information content (AvgIpc) is 2.45. The molecule has 1 heterocycles. The van der Waals surface area contributed by atoms with Crippen LogP contribution in [0.1, 0.15) is 19.7 Å². The number of para-hydroxylation sites is 1. The molecule has 0 radical (unpaired) electrons. The molecule has 1 aromatic heterocycles. The first-order valence-corrected chi connectivity index (χ1v) is 6.39. The number of rotatable bonds is 5. The van der Waals surface area contributed by atoms with Crippen LogP contribution in [0.3, 0.4) is 0 Å². The quantitative estimate of drug-likeness (QED) is 0.894. The molecule has 0 spiro atoms. The normalized spacial score (nSPS) is 10.7. The molecule has 4 heteroatoms. The summed E-state index contributed by atoms with van der Waals surface area (Å²) in [5.74, 6) is 1.61. The zero-order valence-corrected chi connectivity index (χ0v) is 11.6. The third-order valence-electron chi connectivity index (χ3n) is 2.76. The van der Waals surface area contributed by atoms with Crippen molar-refractivity contribution in [3.63, 3.8) is 0 Å². The Labute approximate surface area is 113 Å². The van der Waals surface area contributed by atoms with Crippen molar-refractivity contribution >= 4 is 0 Å². The van der Waals surface area contributed by atoms with Crippen molar-refractivity contribution in [2.24, 2.45) is 0 Å². The number of ether oxygens (including phenoxy) is 1. The molecule has 0 bridgehead atoms. The molecule has 2 aromatic rings. The molecule has 2 rings (SSSR count). The molecular weight excluding hydrogens is 238 g/mol. The number of methoxy groups -OCH3 is 1. The number of hydrogen-bond acceptors (Lipinski definition) is 4. The van der Waals surface area contributed by atoms with Crippen molar-refractivity contribution in [3.8, 4) is 17.0 Å². The summed E-state index contributed by atoms with van der Waals surface area (Å²) in [6.07, 6.45) is 1.78. The van der Waals surface area contributed by atoms with E-state index in [0.717, 1.165) is 22.8 Å². The number of nitrogens with one attached hydrogen (secondary N) is 1. The van der Waals surface area contributed by atoms with E-state index in [2.05, 4.69) is 29.1 Å². The van der Waals surface area contributed by atoms with Gasteiger partial charge >= 0.3 is 0 Å². The van der Waals surface area contributed by atoms with Crippen LogP contribution in [0.15, 0.2) is 36.5 Å². The van der Waals surface area contributed by atoms with E-state index in [4.69, 9.17) is 4.74 Å². The summed E-state index contributed by atoms with van der Waals surface area (Å²) in [6, 6.07) is 10.2. The Bertz CT molecular complexity index is 540. The van der Waals surface area contributed by atoms with Crippen LogP contribution in [0.4, 0.5) is 0 Å². The Morgan fingerprint density at radius 2 is 2.00 bits per heavy atom. The topological polar surface area (TPSA) is 47.0 Å². The van der Waals surface area contributed by atoms with Gasteiger partial charge in [0.05, 0.1) is 19.3 Å². The zero-order valence-electron chi connectivity index (χ0n) is 11.6. The first-order chi connectivity index (χ1) is 9.20. The van der Waals surface area contributed by atoms with Gasteiger partial charge in [-0.15, -0.1) is 0 Å². The SMILES string of the molecule is COc1ccccc1-c1ccnc(CNC(C)C)n1. The number of aromatic nitrogens is 2. The minimum Gasteiger partial charge on any atom is -0.496 e. The lowest BCUT2D eigenvalue weighted by Crippen LogP contribution is -2.23. The standard InChI is InChI=1S/C15H19N3O/c1-11(2)17-10-15-16-9-8-13(18-15)12-6-4-5-7-14(12)19-3/h4-9,11,17H,10H2,1-3H3. The Morgan fingerprint density at radius 1 is 1.21 bits per heavy atom. The fourth-order valence-electron chi connectivity index (χ4n) is 1.79. The van der Waals surface area contributed by atoms with E-state index < -0.39 is 0 Å². The first kappa shape index (κ1) is 13.5. The fraction of sp³-hybridized carbons (Fsp3) is 0.333. The van der Waals surface area contributed by atoms with Crippen molar-refractivity contribution in [3.05, 3.63) is 42.4 Å². The molecule has 100 valence electrons. The molecule has 0 aliphatic carbocycles. The molecule has 0 fully saturated rings. The highest BCUT2D eigenvalue weighted by Crippen LogP contribution is 2.27.